The van der Waals surface area contributed by atoms with Crippen LogP contribution in [-0.2, 0) is 17.8 Å². The van der Waals surface area contributed by atoms with Crippen LogP contribution in [0, 0.1) is 0 Å². The van der Waals surface area contributed by atoms with Crippen LogP contribution in [0.4, 0.5) is 5.69 Å². The number of carboxylic acid groups (broad SMARTS) is 1. The summed E-state index contributed by atoms with van der Waals surface area (Å²) in [5.74, 6) is -1.75. The van der Waals surface area contributed by atoms with E-state index in [4.69, 9.17) is 4.99 Å². The van der Waals surface area contributed by atoms with Gasteiger partial charge in [0.15, 0.2) is 0 Å². The Labute approximate surface area is 267 Å². The largest absolute Gasteiger partial charge is 0.861 e. The van der Waals surface area contributed by atoms with Crippen molar-refractivity contribution in [1.29, 1.82) is 0 Å². The van der Waals surface area contributed by atoms with Crippen molar-refractivity contribution in [3.05, 3.63) is 135 Å². The molecular weight excluding hydrogens is 614 g/mol. The van der Waals surface area contributed by atoms with Gasteiger partial charge in [-0.2, -0.15) is 0 Å². The fourth-order valence-corrected chi connectivity index (χ4v) is 6.93. The van der Waals surface area contributed by atoms with Gasteiger partial charge in [-0.05, 0) is 79.4 Å². The van der Waals surface area contributed by atoms with Crippen LogP contribution in [-0.4, -0.2) is 41.1 Å². The van der Waals surface area contributed by atoms with E-state index in [1.807, 2.05) is 84.9 Å². The average Bonchev–Trinajstić information content (AvgIpc) is 3.51. The molecule has 7 heteroatoms. The number of aryl methyl sites for hydroxylation is 1. The Morgan fingerprint density at radius 3 is 2.39 bits per heavy atom. The molecule has 0 radical (unpaired) electrons. The number of carbonyl (C=O) groups is 1. The highest BCUT2D eigenvalue weighted by Crippen LogP contribution is 2.37. The average molecular weight is 649 g/mol. The molecule has 44 heavy (non-hydrogen) atoms. The normalized spacial score (nSPS) is 19.8. The number of hydrogen-bond donors (Lipinski definition) is 0. The summed E-state index contributed by atoms with van der Waals surface area (Å²) in [5, 5.41) is 26.5. The third-order valence-electron chi connectivity index (χ3n) is 8.67. The molecule has 6 rings (SSSR count). The van der Waals surface area contributed by atoms with Crippen LogP contribution >= 0.6 is 15.9 Å². The van der Waals surface area contributed by atoms with Crippen LogP contribution < -0.4 is 10.2 Å². The van der Waals surface area contributed by atoms with Crippen molar-refractivity contribution in [2.45, 2.75) is 56.7 Å². The highest BCUT2D eigenvalue weighted by atomic mass is 79.9. The summed E-state index contributed by atoms with van der Waals surface area (Å²) in [6.07, 6.45) is 4.15. The van der Waals surface area contributed by atoms with Gasteiger partial charge in [-0.25, -0.2) is 0 Å². The Kier molecular flexibility index (Phi) is 9.34. The van der Waals surface area contributed by atoms with Gasteiger partial charge in [0, 0.05) is 34.1 Å². The lowest BCUT2D eigenvalue weighted by molar-refractivity contribution is -0.308. The highest BCUT2D eigenvalue weighted by Gasteiger charge is 2.30. The van der Waals surface area contributed by atoms with Gasteiger partial charge in [0.25, 0.3) is 0 Å². The van der Waals surface area contributed by atoms with Crippen molar-refractivity contribution < 1.29 is 15.0 Å². The molecule has 0 spiro atoms. The summed E-state index contributed by atoms with van der Waals surface area (Å²) >= 11 is 3.56. The molecule has 1 aliphatic heterocycles. The summed E-state index contributed by atoms with van der Waals surface area (Å²) in [6, 6.07) is 31.7. The van der Waals surface area contributed by atoms with Crippen molar-refractivity contribution in [2.24, 2.45) is 9.98 Å². The van der Waals surface area contributed by atoms with Gasteiger partial charge in [0.1, 0.15) is 0 Å². The molecule has 0 N–H and O–H groups in total. The van der Waals surface area contributed by atoms with E-state index >= 15 is 0 Å². The molecule has 0 saturated carbocycles. The molecule has 224 valence electrons. The number of benzene rings is 4. The number of rotatable bonds is 9. The molecule has 3 atom stereocenters. The fourth-order valence-electron chi connectivity index (χ4n) is 6.55. The lowest BCUT2D eigenvalue weighted by Gasteiger charge is -2.32. The molecule has 1 fully saturated rings. The number of carbonyl (C=O) groups excluding carboxylic acids is 1. The second-order valence-electron chi connectivity index (χ2n) is 11.5. The Hall–Kier alpha value is -4.07. The molecule has 0 unspecified atom stereocenters. The van der Waals surface area contributed by atoms with Gasteiger partial charge in [0.2, 0.25) is 0 Å². The number of fused-ring (bicyclic) bond motifs is 1. The molecule has 4 aromatic rings. The first-order chi connectivity index (χ1) is 21.5. The topological polar surface area (TPSA) is 91.1 Å². The van der Waals surface area contributed by atoms with Crippen molar-refractivity contribution in [3.8, 4) is 0 Å². The molecule has 6 nitrogen and oxygen atoms in total. The quantitative estimate of drug-likeness (QED) is 0.175. The van der Waals surface area contributed by atoms with Gasteiger partial charge >= 0.3 is 0 Å². The summed E-state index contributed by atoms with van der Waals surface area (Å²) < 4.78 is 0.906. The van der Waals surface area contributed by atoms with Gasteiger partial charge in [0.05, 0.1) is 23.4 Å². The number of aliphatic carboxylic acids is 1. The number of para-hydroxylation sites is 1. The van der Waals surface area contributed by atoms with Crippen LogP contribution in [0.25, 0.3) is 0 Å². The lowest BCUT2D eigenvalue weighted by atomic mass is 9.78. The van der Waals surface area contributed by atoms with E-state index in [0.717, 1.165) is 59.0 Å². The molecular formula is C37H34BrN3O3-2. The number of aliphatic imine (C=N–C) groups is 2. The predicted molar refractivity (Wildman–Crippen MR) is 174 cm³/mol. The van der Waals surface area contributed by atoms with Crippen molar-refractivity contribution >= 4 is 39.2 Å². The number of nitrogens with zero attached hydrogens (tertiary/aromatic N) is 3. The second kappa shape index (κ2) is 13.7. The van der Waals surface area contributed by atoms with E-state index in [1.54, 1.807) is 0 Å². The third-order valence-corrected chi connectivity index (χ3v) is 9.17. The smallest absolute Gasteiger partial charge is 0.0968 e. The molecule has 0 bridgehead atoms. The molecule has 2 aliphatic rings. The maximum atomic E-state index is 13.7. The monoisotopic (exact) mass is 647 g/mol. The van der Waals surface area contributed by atoms with Crippen molar-refractivity contribution in [3.63, 3.8) is 0 Å². The standard InChI is InChI=1S/C37H36BrN3O3/c38-28-21-20-26-15-9-17-29(31(26)23-28)35(37(43)44)40-34(27-13-5-2-6-14-27)30-16-7-8-18-32(30)39-36(42)33-19-10-22-41(33)24-25-11-3-1-4-12-25/h1-8,11-14,16,18,20-21,23,29,33,35H,9-10,15,17,19,22,24H2,(H,39,42)(H,43,44)/p-2/t29-,33+,35+/m1/s1. The molecule has 1 heterocycles. The summed E-state index contributed by atoms with van der Waals surface area (Å²) in [7, 11) is 0. The Morgan fingerprint density at radius 1 is 0.886 bits per heavy atom. The van der Waals surface area contributed by atoms with E-state index in [9.17, 15) is 15.0 Å². The second-order valence-corrected chi connectivity index (χ2v) is 12.4. The summed E-state index contributed by atoms with van der Waals surface area (Å²) in [4.78, 5) is 24.6. The van der Waals surface area contributed by atoms with Gasteiger partial charge < -0.3 is 15.0 Å². The number of hydrogen-bond acceptors (Lipinski definition) is 6. The first-order valence-electron chi connectivity index (χ1n) is 15.2. The highest BCUT2D eigenvalue weighted by molar-refractivity contribution is 9.10. The van der Waals surface area contributed by atoms with Crippen molar-refractivity contribution in [1.82, 2.24) is 4.90 Å². The maximum absolute atomic E-state index is 13.7. The fraction of sp³-hybridized carbons (Fsp3) is 0.270. The molecule has 4 aromatic carbocycles. The van der Waals surface area contributed by atoms with Crippen LogP contribution in [0.3, 0.4) is 0 Å². The molecule has 1 saturated heterocycles. The van der Waals surface area contributed by atoms with Gasteiger partial charge in [-0.15, -0.1) is 0 Å². The lowest BCUT2D eigenvalue weighted by Crippen LogP contribution is -2.42. The number of carboxylic acids is 1. The predicted octanol–water partition coefficient (Wildman–Crippen LogP) is 5.58. The Morgan fingerprint density at radius 2 is 1.61 bits per heavy atom. The minimum absolute atomic E-state index is 0.194. The van der Waals surface area contributed by atoms with Gasteiger partial charge in [-0.1, -0.05) is 101 Å². The molecule has 0 aromatic heterocycles. The van der Waals surface area contributed by atoms with Crippen LogP contribution in [0.1, 0.15) is 59.4 Å². The zero-order chi connectivity index (χ0) is 30.5. The summed E-state index contributed by atoms with van der Waals surface area (Å²) in [5.41, 5.74) is 5.64. The van der Waals surface area contributed by atoms with Gasteiger partial charge in [-0.3, -0.25) is 14.9 Å². The zero-order valence-corrected chi connectivity index (χ0v) is 26.0. The zero-order valence-electron chi connectivity index (χ0n) is 24.4. The van der Waals surface area contributed by atoms with E-state index in [1.165, 1.54) is 0 Å². The van der Waals surface area contributed by atoms with Crippen molar-refractivity contribution in [2.75, 3.05) is 6.54 Å². The summed E-state index contributed by atoms with van der Waals surface area (Å²) in [6.45, 7) is 1.53. The van der Waals surface area contributed by atoms with E-state index < -0.39 is 12.0 Å². The van der Waals surface area contributed by atoms with Crippen LogP contribution in [0.2, 0.25) is 0 Å². The van der Waals surface area contributed by atoms with E-state index in [-0.39, 0.29) is 17.9 Å². The van der Waals surface area contributed by atoms with E-state index in [0.29, 0.717) is 29.9 Å². The Bertz CT molecular complexity index is 1670. The number of likely N-dealkylation sites (tertiary alicyclic amines) is 1. The third kappa shape index (κ3) is 6.69. The maximum Gasteiger partial charge on any atom is 0.0968 e. The van der Waals surface area contributed by atoms with Crippen LogP contribution in [0.15, 0.2) is 118 Å². The number of halogens is 1. The Balaban J connectivity index is 1.40. The minimum atomic E-state index is -1.22. The molecule has 0 amide bonds. The van der Waals surface area contributed by atoms with E-state index in [2.05, 4.69) is 44.0 Å². The molecule has 1 aliphatic carbocycles. The first-order valence-corrected chi connectivity index (χ1v) is 16.0. The SMILES string of the molecule is O=C([O-])[C@@H](N=C(c1ccccc1)c1ccccc1N=C([O-])[C@@H]1CCCN1Cc1ccccc1)[C@@H]1CCCc2ccc(Br)cc21. The van der Waals surface area contributed by atoms with Crippen LogP contribution in [0.5, 0.6) is 0 Å². The minimum Gasteiger partial charge on any atom is -0.861 e. The first kappa shape index (κ1) is 30.0.